The second kappa shape index (κ2) is 6.39. The monoisotopic (exact) mass is 282 g/mol. The highest BCUT2D eigenvalue weighted by molar-refractivity contribution is 9.10. The van der Waals surface area contributed by atoms with Crippen LogP contribution in [0.25, 0.3) is 0 Å². The van der Waals surface area contributed by atoms with E-state index in [0.29, 0.717) is 6.42 Å². The van der Waals surface area contributed by atoms with Gasteiger partial charge in [0.2, 0.25) is 0 Å². The fourth-order valence-electron chi connectivity index (χ4n) is 1.41. The maximum Gasteiger partial charge on any atom is 0.122 e. The van der Waals surface area contributed by atoms with E-state index in [9.17, 15) is 0 Å². The van der Waals surface area contributed by atoms with Gasteiger partial charge in [-0.1, -0.05) is 22.9 Å². The van der Waals surface area contributed by atoms with Crippen LogP contribution in [0.15, 0.2) is 22.7 Å². The third kappa shape index (κ3) is 3.74. The molecule has 0 heterocycles. The van der Waals surface area contributed by atoms with Gasteiger partial charge in [0.05, 0.1) is 19.6 Å². The van der Waals surface area contributed by atoms with E-state index >= 15 is 0 Å². The van der Waals surface area contributed by atoms with Crippen LogP contribution < -0.4 is 10.1 Å². The SMILES string of the molecule is CCC(CC#N)Nc1cc(Br)cc(OC)c1. The minimum Gasteiger partial charge on any atom is -0.497 e. The van der Waals surface area contributed by atoms with E-state index in [1.807, 2.05) is 18.2 Å². The van der Waals surface area contributed by atoms with Crippen LogP contribution in [0.3, 0.4) is 0 Å². The van der Waals surface area contributed by atoms with Gasteiger partial charge in [-0.05, 0) is 18.6 Å². The molecule has 0 spiro atoms. The molecule has 0 saturated heterocycles. The zero-order chi connectivity index (χ0) is 12.0. The summed E-state index contributed by atoms with van der Waals surface area (Å²) < 4.78 is 6.14. The van der Waals surface area contributed by atoms with E-state index in [1.165, 1.54) is 0 Å². The van der Waals surface area contributed by atoms with Crippen molar-refractivity contribution in [2.45, 2.75) is 25.8 Å². The summed E-state index contributed by atoms with van der Waals surface area (Å²) in [6.45, 7) is 2.06. The topological polar surface area (TPSA) is 45.0 Å². The zero-order valence-corrected chi connectivity index (χ0v) is 11.0. The largest absolute Gasteiger partial charge is 0.497 e. The highest BCUT2D eigenvalue weighted by Crippen LogP contribution is 2.25. The van der Waals surface area contributed by atoms with Crippen LogP contribution in [0.2, 0.25) is 0 Å². The number of halogens is 1. The normalized spacial score (nSPS) is 11.6. The standard InChI is InChI=1S/C12H15BrN2O/c1-3-10(4-5-14)15-11-6-9(13)7-12(8-11)16-2/h6-8,10,15H,3-4H2,1-2H3. The molecule has 1 N–H and O–H groups in total. The van der Waals surface area contributed by atoms with Gasteiger partial charge in [0.15, 0.2) is 0 Å². The lowest BCUT2D eigenvalue weighted by molar-refractivity contribution is 0.414. The minimum absolute atomic E-state index is 0.184. The van der Waals surface area contributed by atoms with Crippen LogP contribution in [0.1, 0.15) is 19.8 Å². The number of hydrogen-bond donors (Lipinski definition) is 1. The molecule has 1 aromatic rings. The van der Waals surface area contributed by atoms with Crippen molar-refractivity contribution < 1.29 is 4.74 Å². The third-order valence-corrected chi connectivity index (χ3v) is 2.77. The van der Waals surface area contributed by atoms with Crippen LogP contribution in [0.4, 0.5) is 5.69 Å². The van der Waals surface area contributed by atoms with Crippen LogP contribution in [-0.4, -0.2) is 13.2 Å². The molecule has 1 atom stereocenters. The molecule has 0 aliphatic rings. The van der Waals surface area contributed by atoms with Crippen molar-refractivity contribution in [2.75, 3.05) is 12.4 Å². The Kier molecular flexibility index (Phi) is 5.13. The van der Waals surface area contributed by atoms with Gasteiger partial charge in [0, 0.05) is 22.3 Å². The second-order valence-corrected chi connectivity index (χ2v) is 4.41. The van der Waals surface area contributed by atoms with Crippen molar-refractivity contribution in [2.24, 2.45) is 0 Å². The summed E-state index contributed by atoms with van der Waals surface area (Å²) in [5.41, 5.74) is 0.966. The van der Waals surface area contributed by atoms with Gasteiger partial charge in [-0.3, -0.25) is 0 Å². The van der Waals surface area contributed by atoms with Gasteiger partial charge in [-0.15, -0.1) is 0 Å². The summed E-state index contributed by atoms with van der Waals surface area (Å²) >= 11 is 3.42. The van der Waals surface area contributed by atoms with Crippen molar-refractivity contribution in [1.82, 2.24) is 0 Å². The summed E-state index contributed by atoms with van der Waals surface area (Å²) in [4.78, 5) is 0. The minimum atomic E-state index is 0.184. The number of anilines is 1. The molecule has 1 aromatic carbocycles. The van der Waals surface area contributed by atoms with Gasteiger partial charge in [0.1, 0.15) is 5.75 Å². The Morgan fingerprint density at radius 1 is 1.50 bits per heavy atom. The summed E-state index contributed by atoms with van der Waals surface area (Å²) in [6, 6.07) is 8.16. The molecule has 0 aliphatic carbocycles. The van der Waals surface area contributed by atoms with Gasteiger partial charge in [0.25, 0.3) is 0 Å². The van der Waals surface area contributed by atoms with E-state index in [4.69, 9.17) is 10.00 Å². The fraction of sp³-hybridized carbons (Fsp3) is 0.417. The molecule has 16 heavy (non-hydrogen) atoms. The molecule has 4 heteroatoms. The molecule has 0 radical (unpaired) electrons. The van der Waals surface area contributed by atoms with Crippen LogP contribution in [-0.2, 0) is 0 Å². The van der Waals surface area contributed by atoms with Gasteiger partial charge in [-0.25, -0.2) is 0 Å². The number of hydrogen-bond acceptors (Lipinski definition) is 3. The number of rotatable bonds is 5. The Hall–Kier alpha value is -1.21. The van der Waals surface area contributed by atoms with Crippen molar-refractivity contribution in [3.05, 3.63) is 22.7 Å². The molecule has 0 aliphatic heterocycles. The number of nitrogens with one attached hydrogen (secondary N) is 1. The first kappa shape index (κ1) is 12.9. The summed E-state index contributed by atoms with van der Waals surface area (Å²) in [5, 5.41) is 12.0. The quantitative estimate of drug-likeness (QED) is 0.898. The maximum atomic E-state index is 8.68. The summed E-state index contributed by atoms with van der Waals surface area (Å²) in [5.74, 6) is 0.795. The lowest BCUT2D eigenvalue weighted by Gasteiger charge is -2.16. The number of nitriles is 1. The lowest BCUT2D eigenvalue weighted by Crippen LogP contribution is -2.17. The van der Waals surface area contributed by atoms with E-state index in [1.54, 1.807) is 7.11 Å². The predicted molar refractivity (Wildman–Crippen MR) is 68.6 cm³/mol. The average Bonchev–Trinajstić information content (AvgIpc) is 2.27. The number of ether oxygens (including phenoxy) is 1. The van der Waals surface area contributed by atoms with Crippen molar-refractivity contribution in [3.8, 4) is 11.8 Å². The molecule has 0 saturated carbocycles. The Balaban J connectivity index is 2.79. The third-order valence-electron chi connectivity index (χ3n) is 2.31. The van der Waals surface area contributed by atoms with Gasteiger partial charge < -0.3 is 10.1 Å². The van der Waals surface area contributed by atoms with Crippen LogP contribution in [0, 0.1) is 11.3 Å². The first-order chi connectivity index (χ1) is 7.69. The van der Waals surface area contributed by atoms with E-state index in [0.717, 1.165) is 22.3 Å². The van der Waals surface area contributed by atoms with Gasteiger partial charge >= 0.3 is 0 Å². The average molecular weight is 283 g/mol. The second-order valence-electron chi connectivity index (χ2n) is 3.49. The fourth-order valence-corrected chi connectivity index (χ4v) is 1.88. The number of methoxy groups -OCH3 is 1. The molecule has 0 aromatic heterocycles. The Morgan fingerprint density at radius 3 is 2.81 bits per heavy atom. The zero-order valence-electron chi connectivity index (χ0n) is 9.46. The smallest absolute Gasteiger partial charge is 0.122 e. The van der Waals surface area contributed by atoms with Crippen molar-refractivity contribution in [3.63, 3.8) is 0 Å². The number of benzene rings is 1. The molecule has 1 rings (SSSR count). The van der Waals surface area contributed by atoms with Crippen molar-refractivity contribution >= 4 is 21.6 Å². The first-order valence-corrected chi connectivity index (χ1v) is 5.97. The van der Waals surface area contributed by atoms with Crippen LogP contribution in [0.5, 0.6) is 5.75 Å². The van der Waals surface area contributed by atoms with E-state index in [2.05, 4.69) is 34.2 Å². The molecule has 3 nitrogen and oxygen atoms in total. The Bertz CT molecular complexity index is 387. The molecule has 1 unspecified atom stereocenters. The molecular weight excluding hydrogens is 268 g/mol. The molecule has 86 valence electrons. The Morgan fingerprint density at radius 2 is 2.25 bits per heavy atom. The molecule has 0 bridgehead atoms. The lowest BCUT2D eigenvalue weighted by atomic mass is 10.1. The van der Waals surface area contributed by atoms with E-state index < -0.39 is 0 Å². The molecule has 0 amide bonds. The highest BCUT2D eigenvalue weighted by Gasteiger charge is 2.06. The summed E-state index contributed by atoms with van der Waals surface area (Å²) in [7, 11) is 1.64. The molecular formula is C12H15BrN2O. The Labute approximate surface area is 105 Å². The maximum absolute atomic E-state index is 8.68. The van der Waals surface area contributed by atoms with Crippen molar-refractivity contribution in [1.29, 1.82) is 5.26 Å². The first-order valence-electron chi connectivity index (χ1n) is 5.17. The highest BCUT2D eigenvalue weighted by atomic mass is 79.9. The summed E-state index contributed by atoms with van der Waals surface area (Å²) in [6.07, 6.45) is 1.42. The molecule has 0 fully saturated rings. The predicted octanol–water partition coefficient (Wildman–Crippen LogP) is 3.56. The van der Waals surface area contributed by atoms with Crippen LogP contribution >= 0.6 is 15.9 Å². The van der Waals surface area contributed by atoms with E-state index in [-0.39, 0.29) is 6.04 Å². The van der Waals surface area contributed by atoms with Gasteiger partial charge in [-0.2, -0.15) is 5.26 Å². The number of nitrogens with zero attached hydrogens (tertiary/aromatic N) is 1.